The lowest BCUT2D eigenvalue weighted by Crippen LogP contribution is -2.03. The molecule has 3 heterocycles. The van der Waals surface area contributed by atoms with Gasteiger partial charge in [0.2, 0.25) is 5.95 Å². The Labute approximate surface area is 246 Å². The summed E-state index contributed by atoms with van der Waals surface area (Å²) in [5.41, 5.74) is 7.51. The molecule has 0 amide bonds. The number of thiophene rings is 1. The molecule has 0 N–H and O–H groups in total. The summed E-state index contributed by atoms with van der Waals surface area (Å²) in [6, 6.07) is 49.5. The van der Waals surface area contributed by atoms with Crippen LogP contribution in [-0.4, -0.2) is 14.5 Å². The number of aromatic nitrogens is 3. The highest BCUT2D eigenvalue weighted by atomic mass is 32.1. The zero-order valence-corrected chi connectivity index (χ0v) is 23.3. The summed E-state index contributed by atoms with van der Waals surface area (Å²) in [6.07, 6.45) is 0. The third kappa shape index (κ3) is 3.52. The highest BCUT2D eigenvalue weighted by molar-refractivity contribution is 7.25. The lowest BCUT2D eigenvalue weighted by molar-refractivity contribution is 1.01. The van der Waals surface area contributed by atoms with Crippen LogP contribution in [0.25, 0.3) is 81.2 Å². The van der Waals surface area contributed by atoms with Gasteiger partial charge in [0.1, 0.15) is 0 Å². The minimum Gasteiger partial charge on any atom is -0.278 e. The molecule has 0 atom stereocenters. The van der Waals surface area contributed by atoms with E-state index in [1.54, 1.807) is 0 Å². The molecule has 9 rings (SSSR count). The number of benzene rings is 6. The normalized spacial score (nSPS) is 11.8. The molecule has 0 fully saturated rings. The van der Waals surface area contributed by atoms with Crippen molar-refractivity contribution in [2.24, 2.45) is 0 Å². The number of nitrogens with zero attached hydrogens (tertiary/aromatic N) is 3. The molecule has 42 heavy (non-hydrogen) atoms. The molecular formula is C38H23N3S. The Morgan fingerprint density at radius 2 is 1.10 bits per heavy atom. The van der Waals surface area contributed by atoms with Crippen LogP contribution in [0.2, 0.25) is 0 Å². The molecule has 4 heteroatoms. The van der Waals surface area contributed by atoms with Crippen molar-refractivity contribution in [3.05, 3.63) is 140 Å². The molecule has 0 saturated heterocycles. The predicted octanol–water partition coefficient (Wildman–Crippen LogP) is 10.4. The summed E-state index contributed by atoms with van der Waals surface area (Å²) in [7, 11) is 0. The van der Waals surface area contributed by atoms with Crippen molar-refractivity contribution in [1.82, 2.24) is 14.5 Å². The first kappa shape index (κ1) is 23.4. The topological polar surface area (TPSA) is 30.7 Å². The van der Waals surface area contributed by atoms with Gasteiger partial charge in [-0.05, 0) is 47.5 Å². The fourth-order valence-corrected chi connectivity index (χ4v) is 7.34. The molecule has 6 aromatic carbocycles. The minimum atomic E-state index is 0.676. The molecule has 0 saturated carbocycles. The van der Waals surface area contributed by atoms with Gasteiger partial charge in [0.15, 0.2) is 0 Å². The molecule has 0 spiro atoms. The first-order valence-electron chi connectivity index (χ1n) is 14.1. The number of fused-ring (bicyclic) bond motifs is 7. The largest absolute Gasteiger partial charge is 0.278 e. The molecule has 3 nitrogen and oxygen atoms in total. The van der Waals surface area contributed by atoms with Gasteiger partial charge in [0.05, 0.1) is 22.2 Å². The van der Waals surface area contributed by atoms with Crippen LogP contribution in [0.1, 0.15) is 0 Å². The Balaban J connectivity index is 1.32. The Hall–Kier alpha value is -5.32. The van der Waals surface area contributed by atoms with Crippen LogP contribution in [0.4, 0.5) is 0 Å². The van der Waals surface area contributed by atoms with E-state index in [4.69, 9.17) is 9.97 Å². The third-order valence-electron chi connectivity index (χ3n) is 8.22. The van der Waals surface area contributed by atoms with E-state index in [1.807, 2.05) is 23.5 Å². The maximum absolute atomic E-state index is 5.24. The van der Waals surface area contributed by atoms with Crippen molar-refractivity contribution >= 4 is 64.2 Å². The van der Waals surface area contributed by atoms with Gasteiger partial charge >= 0.3 is 0 Å². The zero-order chi connectivity index (χ0) is 27.6. The van der Waals surface area contributed by atoms with Gasteiger partial charge in [-0.15, -0.1) is 11.3 Å². The number of hydrogen-bond donors (Lipinski definition) is 0. The van der Waals surface area contributed by atoms with E-state index in [1.165, 1.54) is 42.1 Å². The van der Waals surface area contributed by atoms with E-state index in [0.29, 0.717) is 5.95 Å². The smallest absolute Gasteiger partial charge is 0.235 e. The second kappa shape index (κ2) is 9.10. The van der Waals surface area contributed by atoms with Crippen LogP contribution < -0.4 is 0 Å². The van der Waals surface area contributed by atoms with Crippen molar-refractivity contribution < 1.29 is 0 Å². The van der Waals surface area contributed by atoms with Gasteiger partial charge in [0, 0.05) is 41.9 Å². The van der Waals surface area contributed by atoms with E-state index in [0.717, 1.165) is 33.2 Å². The zero-order valence-electron chi connectivity index (χ0n) is 22.5. The van der Waals surface area contributed by atoms with Gasteiger partial charge in [-0.3, -0.25) is 4.57 Å². The van der Waals surface area contributed by atoms with Crippen LogP contribution in [-0.2, 0) is 0 Å². The van der Waals surface area contributed by atoms with E-state index in [2.05, 4.69) is 132 Å². The van der Waals surface area contributed by atoms with E-state index >= 15 is 0 Å². The summed E-state index contributed by atoms with van der Waals surface area (Å²) in [6.45, 7) is 0. The third-order valence-corrected chi connectivity index (χ3v) is 9.37. The van der Waals surface area contributed by atoms with Crippen LogP contribution in [0, 0.1) is 0 Å². The average molecular weight is 554 g/mol. The Bertz CT molecular complexity index is 2470. The molecule has 196 valence electrons. The first-order valence-corrected chi connectivity index (χ1v) is 14.9. The molecule has 0 bridgehead atoms. The molecule has 3 aromatic heterocycles. The highest BCUT2D eigenvalue weighted by Crippen LogP contribution is 2.39. The van der Waals surface area contributed by atoms with E-state index in [9.17, 15) is 0 Å². The second-order valence-electron chi connectivity index (χ2n) is 10.6. The van der Waals surface area contributed by atoms with Gasteiger partial charge < -0.3 is 0 Å². The quantitative estimate of drug-likeness (QED) is 0.218. The lowest BCUT2D eigenvalue weighted by atomic mass is 10.0. The maximum atomic E-state index is 5.24. The van der Waals surface area contributed by atoms with Crippen molar-refractivity contribution in [2.75, 3.05) is 0 Å². The Morgan fingerprint density at radius 1 is 0.429 bits per heavy atom. The SMILES string of the molecule is c1ccc(-c2nc(-n3c4ccccc4c4ccc(-c5ccc6sc7ccccc7c6c5)cc43)nc3ccccc23)cc1. The summed E-state index contributed by atoms with van der Waals surface area (Å²) in [4.78, 5) is 10.4. The Morgan fingerprint density at radius 3 is 2.00 bits per heavy atom. The molecule has 0 aliphatic rings. The fraction of sp³-hybridized carbons (Fsp3) is 0. The van der Waals surface area contributed by atoms with Crippen LogP contribution in [0.3, 0.4) is 0 Å². The first-order chi connectivity index (χ1) is 20.8. The average Bonchev–Trinajstić information content (AvgIpc) is 3.59. The van der Waals surface area contributed by atoms with Gasteiger partial charge in [-0.25, -0.2) is 9.97 Å². The van der Waals surface area contributed by atoms with Gasteiger partial charge in [-0.2, -0.15) is 0 Å². The predicted molar refractivity (Wildman–Crippen MR) is 178 cm³/mol. The van der Waals surface area contributed by atoms with Crippen LogP contribution in [0.15, 0.2) is 140 Å². The standard InChI is InChI=1S/C38H23N3S/c1-2-10-24(11-3-1)37-30-14-4-7-15-32(30)39-38(40-37)41-33-16-8-5-12-27(33)28-20-18-26(23-34(28)41)25-19-21-36-31(22-25)29-13-6-9-17-35(29)42-36/h1-23H. The lowest BCUT2D eigenvalue weighted by Gasteiger charge is -2.12. The van der Waals surface area contributed by atoms with Crippen molar-refractivity contribution in [1.29, 1.82) is 0 Å². The van der Waals surface area contributed by atoms with Gasteiger partial charge in [-0.1, -0.05) is 103 Å². The van der Waals surface area contributed by atoms with E-state index in [-0.39, 0.29) is 0 Å². The molecule has 0 aliphatic heterocycles. The van der Waals surface area contributed by atoms with Crippen molar-refractivity contribution in [2.45, 2.75) is 0 Å². The number of rotatable bonds is 3. The molecule has 9 aromatic rings. The minimum absolute atomic E-state index is 0.676. The van der Waals surface area contributed by atoms with Crippen LogP contribution in [0.5, 0.6) is 0 Å². The summed E-state index contributed by atoms with van der Waals surface area (Å²) in [5.74, 6) is 0.676. The van der Waals surface area contributed by atoms with Crippen molar-refractivity contribution in [3.63, 3.8) is 0 Å². The van der Waals surface area contributed by atoms with Crippen molar-refractivity contribution in [3.8, 4) is 28.3 Å². The summed E-state index contributed by atoms with van der Waals surface area (Å²) < 4.78 is 4.86. The highest BCUT2D eigenvalue weighted by Gasteiger charge is 2.18. The number of hydrogen-bond acceptors (Lipinski definition) is 3. The Kier molecular flexibility index (Phi) is 5.07. The number of para-hydroxylation sites is 2. The maximum Gasteiger partial charge on any atom is 0.235 e. The van der Waals surface area contributed by atoms with Crippen LogP contribution >= 0.6 is 11.3 Å². The van der Waals surface area contributed by atoms with Gasteiger partial charge in [0.25, 0.3) is 0 Å². The van der Waals surface area contributed by atoms with E-state index < -0.39 is 0 Å². The summed E-state index contributed by atoms with van der Waals surface area (Å²) in [5, 5.41) is 6.04. The fourth-order valence-electron chi connectivity index (χ4n) is 6.25. The summed E-state index contributed by atoms with van der Waals surface area (Å²) >= 11 is 1.85. The molecule has 0 unspecified atom stereocenters. The monoisotopic (exact) mass is 553 g/mol. The molecule has 0 aliphatic carbocycles. The molecular weight excluding hydrogens is 531 g/mol. The molecule has 0 radical (unpaired) electrons. The second-order valence-corrected chi connectivity index (χ2v) is 11.7.